The number of carbonyl (C=O) groups excluding carboxylic acids is 2. The Kier molecular flexibility index (Phi) is 60.2. The minimum absolute atomic E-state index is 0.0311. The average molecular weight is 1190 g/mol. The number of ether oxygens (including phenoxy) is 1. The number of esters is 1. The Morgan fingerprint density at radius 1 is 0.429 bits per heavy atom. The van der Waals surface area contributed by atoms with Gasteiger partial charge in [-0.25, -0.2) is 4.57 Å². The van der Waals surface area contributed by atoms with Crippen LogP contribution in [0.25, 0.3) is 0 Å². The quantitative estimate of drug-likeness (QED) is 0.0205. The van der Waals surface area contributed by atoms with Gasteiger partial charge in [0.15, 0.2) is 0 Å². The number of carbonyl (C=O) groups is 2. The van der Waals surface area contributed by atoms with Crippen molar-refractivity contribution >= 4 is 19.7 Å². The van der Waals surface area contributed by atoms with Gasteiger partial charge in [0.25, 0.3) is 0 Å². The van der Waals surface area contributed by atoms with Crippen molar-refractivity contribution in [1.82, 2.24) is 5.32 Å². The normalized spacial score (nSPS) is 14.2. The zero-order chi connectivity index (χ0) is 61.4. The molecule has 0 aliphatic rings. The van der Waals surface area contributed by atoms with Crippen LogP contribution in [0.2, 0.25) is 0 Å². The van der Waals surface area contributed by atoms with Gasteiger partial charge < -0.3 is 19.4 Å². The number of unbranched alkanes of at least 4 members (excludes halogenated alkanes) is 30. The van der Waals surface area contributed by atoms with Crippen LogP contribution in [-0.2, 0) is 27.9 Å². The van der Waals surface area contributed by atoms with E-state index in [-0.39, 0.29) is 31.5 Å². The Hall–Kier alpha value is -3.33. The molecule has 0 aliphatic heterocycles. The smallest absolute Gasteiger partial charge is 0.456 e. The lowest BCUT2D eigenvalue weighted by Crippen LogP contribution is -2.47. The fourth-order valence-corrected chi connectivity index (χ4v) is 10.4. The lowest BCUT2D eigenvalue weighted by atomic mass is 10.0. The SMILES string of the molecule is CC/C=C\C/C=C\C/C=C\C/C=C\C/C=C\C/C=C\CCCCCCC(=O)OC(/C=C/CCCCCCCCCCCC)C(COP(=O)(O)OCC[N+](C)(C)C)NC(=O)CCCCCCCCCCCCCCC/C=C\C/C=C\CCCCC. The molecule has 3 atom stereocenters. The summed E-state index contributed by atoms with van der Waals surface area (Å²) in [5.74, 6) is -0.534. The zero-order valence-corrected chi connectivity index (χ0v) is 56.3. The Morgan fingerprint density at radius 2 is 0.762 bits per heavy atom. The van der Waals surface area contributed by atoms with Gasteiger partial charge in [0.2, 0.25) is 5.91 Å². The second-order valence-electron chi connectivity index (χ2n) is 24.3. The Balaban J connectivity index is 5.17. The van der Waals surface area contributed by atoms with Crippen LogP contribution in [0.15, 0.2) is 109 Å². The third kappa shape index (κ3) is 63.2. The van der Waals surface area contributed by atoms with Crippen LogP contribution in [0, 0.1) is 0 Å². The summed E-state index contributed by atoms with van der Waals surface area (Å²) in [5, 5.41) is 3.06. The highest BCUT2D eigenvalue weighted by Gasteiger charge is 2.30. The number of nitrogens with one attached hydrogen (secondary N) is 1. The van der Waals surface area contributed by atoms with Gasteiger partial charge in [-0.3, -0.25) is 18.6 Å². The maximum Gasteiger partial charge on any atom is 0.472 e. The van der Waals surface area contributed by atoms with E-state index in [1.807, 2.05) is 33.3 Å². The highest BCUT2D eigenvalue weighted by atomic mass is 31.2. The number of phosphoric ester groups is 1. The second-order valence-corrected chi connectivity index (χ2v) is 25.8. The number of amides is 1. The number of hydrogen-bond donors (Lipinski definition) is 2. The second kappa shape index (κ2) is 62.7. The number of rotatable bonds is 62. The molecule has 0 saturated carbocycles. The van der Waals surface area contributed by atoms with Crippen molar-refractivity contribution in [2.45, 2.75) is 309 Å². The molecule has 0 radical (unpaired) electrons. The largest absolute Gasteiger partial charge is 0.472 e. The summed E-state index contributed by atoms with van der Waals surface area (Å²) in [6.07, 6.45) is 86.6. The van der Waals surface area contributed by atoms with Crippen LogP contribution >= 0.6 is 7.82 Å². The first-order valence-electron chi connectivity index (χ1n) is 34.7. The number of phosphoric acid groups is 1. The molecule has 2 N–H and O–H groups in total. The molecule has 0 rings (SSSR count). The van der Waals surface area contributed by atoms with Crippen molar-refractivity contribution in [1.29, 1.82) is 0 Å². The highest BCUT2D eigenvalue weighted by Crippen LogP contribution is 2.43. The number of hydrogen-bond acceptors (Lipinski definition) is 6. The number of allylic oxidation sites excluding steroid dienone is 17. The van der Waals surface area contributed by atoms with Gasteiger partial charge in [-0.2, -0.15) is 0 Å². The lowest BCUT2D eigenvalue weighted by molar-refractivity contribution is -0.870. The predicted octanol–water partition coefficient (Wildman–Crippen LogP) is 22.1. The Morgan fingerprint density at radius 3 is 1.17 bits per heavy atom. The van der Waals surface area contributed by atoms with Gasteiger partial charge in [-0.1, -0.05) is 278 Å². The van der Waals surface area contributed by atoms with E-state index in [1.54, 1.807) is 0 Å². The van der Waals surface area contributed by atoms with E-state index >= 15 is 0 Å². The highest BCUT2D eigenvalue weighted by molar-refractivity contribution is 7.47. The van der Waals surface area contributed by atoms with E-state index in [9.17, 15) is 19.0 Å². The number of quaternary nitrogens is 1. The van der Waals surface area contributed by atoms with E-state index in [1.165, 1.54) is 148 Å². The molecule has 1 amide bonds. The van der Waals surface area contributed by atoms with Crippen molar-refractivity contribution in [3.05, 3.63) is 109 Å². The maximum atomic E-state index is 13.6. The molecule has 0 spiro atoms. The first-order chi connectivity index (χ1) is 40.9. The zero-order valence-electron chi connectivity index (χ0n) is 55.4. The van der Waals surface area contributed by atoms with E-state index in [0.717, 1.165) is 109 Å². The molecular weight excluding hydrogens is 1060 g/mol. The molecule has 9 nitrogen and oxygen atoms in total. The van der Waals surface area contributed by atoms with Crippen LogP contribution in [0.5, 0.6) is 0 Å². The van der Waals surface area contributed by atoms with Crippen LogP contribution in [0.1, 0.15) is 297 Å². The van der Waals surface area contributed by atoms with Crippen molar-refractivity contribution in [2.75, 3.05) is 40.9 Å². The number of likely N-dealkylation sites (N-methyl/N-ethyl adjacent to an activating group) is 1. The molecule has 0 aromatic rings. The average Bonchev–Trinajstić information content (AvgIpc) is 3.65. The first-order valence-corrected chi connectivity index (χ1v) is 36.2. The van der Waals surface area contributed by atoms with Gasteiger partial charge in [-0.05, 0) is 115 Å². The molecule has 0 fully saturated rings. The molecule has 10 heteroatoms. The summed E-state index contributed by atoms with van der Waals surface area (Å²) in [7, 11) is 1.47. The Bertz CT molecular complexity index is 1810. The monoisotopic (exact) mass is 1190 g/mol. The Labute approximate surface area is 519 Å². The van der Waals surface area contributed by atoms with E-state index in [0.29, 0.717) is 23.9 Å². The molecule has 0 aromatic heterocycles. The van der Waals surface area contributed by atoms with Crippen molar-refractivity contribution in [2.24, 2.45) is 0 Å². The molecule has 0 bridgehead atoms. The van der Waals surface area contributed by atoms with Crippen LogP contribution in [0.3, 0.4) is 0 Å². The fraction of sp³-hybridized carbons (Fsp3) is 0.730. The molecule has 484 valence electrons. The summed E-state index contributed by atoms with van der Waals surface area (Å²) < 4.78 is 30.8. The maximum absolute atomic E-state index is 13.6. The standard InChI is InChI=1S/C74H131N2O7P/c1-7-10-13-16-19-22-25-28-30-32-34-36-38-40-42-44-46-48-51-54-57-60-63-66-73(77)75-71(70-82-84(79,80)81-69-68-76(4,5)6)72(65-62-59-56-53-50-27-24-21-18-15-12-9-3)83-74(78)67-64-61-58-55-52-49-47-45-43-41-39-37-35-33-31-29-26-23-20-17-14-11-8-2/h11,14,19-20,22-23,28-31,35,37,41,43,47,49,62,65,71-72H,7-10,12-13,15-18,21,24-27,32-34,36,38-40,42,44-46,48,50-61,63-64,66-70H2,1-6H3,(H-,75,77,79,80)/p+1/b14-11-,22-19-,23-20-,30-28-,31-29-,37-35-,43-41-,49-47-,65-62+. The third-order valence-electron chi connectivity index (χ3n) is 14.9. The van der Waals surface area contributed by atoms with Crippen molar-refractivity contribution in [3.8, 4) is 0 Å². The fourth-order valence-electron chi connectivity index (χ4n) is 9.62. The summed E-state index contributed by atoms with van der Waals surface area (Å²) >= 11 is 0. The molecule has 0 aromatic carbocycles. The summed E-state index contributed by atoms with van der Waals surface area (Å²) in [5.41, 5.74) is 0. The topological polar surface area (TPSA) is 111 Å². The van der Waals surface area contributed by atoms with Gasteiger partial charge in [0, 0.05) is 12.8 Å². The van der Waals surface area contributed by atoms with Gasteiger partial charge in [0.05, 0.1) is 33.8 Å². The van der Waals surface area contributed by atoms with E-state index in [2.05, 4.69) is 123 Å². The molecule has 84 heavy (non-hydrogen) atoms. The van der Waals surface area contributed by atoms with E-state index < -0.39 is 20.0 Å². The predicted molar refractivity (Wildman–Crippen MR) is 364 cm³/mol. The van der Waals surface area contributed by atoms with Crippen LogP contribution in [0.4, 0.5) is 0 Å². The van der Waals surface area contributed by atoms with Crippen LogP contribution in [-0.4, -0.2) is 74.3 Å². The van der Waals surface area contributed by atoms with Gasteiger partial charge in [0.1, 0.15) is 19.3 Å². The summed E-state index contributed by atoms with van der Waals surface area (Å²) in [4.78, 5) is 37.9. The molecular formula is C74H132N2O7P+. The number of nitrogens with zero attached hydrogens (tertiary/aromatic N) is 1. The van der Waals surface area contributed by atoms with Crippen molar-refractivity contribution < 1.29 is 37.3 Å². The molecule has 0 aliphatic carbocycles. The summed E-state index contributed by atoms with van der Waals surface area (Å²) in [6, 6.07) is -0.867. The lowest BCUT2D eigenvalue weighted by Gasteiger charge is -2.27. The van der Waals surface area contributed by atoms with Gasteiger partial charge >= 0.3 is 13.8 Å². The minimum atomic E-state index is -4.47. The van der Waals surface area contributed by atoms with Gasteiger partial charge in [-0.15, -0.1) is 0 Å². The minimum Gasteiger partial charge on any atom is -0.456 e. The van der Waals surface area contributed by atoms with Crippen molar-refractivity contribution in [3.63, 3.8) is 0 Å². The van der Waals surface area contributed by atoms with E-state index in [4.69, 9.17) is 13.8 Å². The molecule has 0 heterocycles. The van der Waals surface area contributed by atoms with Crippen LogP contribution < -0.4 is 5.32 Å². The molecule has 0 saturated heterocycles. The third-order valence-corrected chi connectivity index (χ3v) is 15.9. The molecule has 3 unspecified atom stereocenters. The summed E-state index contributed by atoms with van der Waals surface area (Å²) in [6.45, 7) is 6.87. The first kappa shape index (κ1) is 80.7.